The van der Waals surface area contributed by atoms with E-state index < -0.39 is 0 Å². The van der Waals surface area contributed by atoms with E-state index in [-0.39, 0.29) is 5.91 Å². The van der Waals surface area contributed by atoms with E-state index in [0.29, 0.717) is 31.0 Å². The second kappa shape index (κ2) is 9.47. The number of methoxy groups -OCH3 is 1. The average molecular weight is 457 g/mol. The number of hydrogen-bond donors (Lipinski definition) is 0. The highest BCUT2D eigenvalue weighted by Gasteiger charge is 2.24. The Morgan fingerprint density at radius 1 is 0.971 bits per heavy atom. The van der Waals surface area contributed by atoms with Gasteiger partial charge in [0.05, 0.1) is 18.5 Å². The maximum Gasteiger partial charge on any atom is 0.254 e. The normalized spacial score (nSPS) is 13.8. The third kappa shape index (κ3) is 4.55. The molecule has 0 aliphatic carbocycles. The summed E-state index contributed by atoms with van der Waals surface area (Å²) in [6.45, 7) is 5.23. The number of anilines is 1. The van der Waals surface area contributed by atoms with Crippen molar-refractivity contribution in [3.8, 4) is 11.5 Å². The number of ether oxygens (including phenoxy) is 2. The predicted octanol–water partition coefficient (Wildman–Crippen LogP) is 4.19. The number of aromatic nitrogens is 2. The maximum atomic E-state index is 13.2. The summed E-state index contributed by atoms with van der Waals surface area (Å²) in [6, 6.07) is 19.4. The van der Waals surface area contributed by atoms with Crippen LogP contribution in [0.15, 0.2) is 73.1 Å². The number of pyridine rings is 1. The van der Waals surface area contributed by atoms with Gasteiger partial charge in [-0.15, -0.1) is 0 Å². The number of para-hydroxylation sites is 2. The Bertz CT molecular complexity index is 1310. The molecule has 0 spiro atoms. The lowest BCUT2D eigenvalue weighted by Gasteiger charge is -2.36. The molecular formula is C27H28N4O3. The van der Waals surface area contributed by atoms with Gasteiger partial charge >= 0.3 is 0 Å². The molecule has 2 aromatic carbocycles. The second-order valence-electron chi connectivity index (χ2n) is 8.47. The Kier molecular flexibility index (Phi) is 6.08. The molecule has 1 fully saturated rings. The number of imidazole rings is 1. The molecule has 0 bridgehead atoms. The number of carbonyl (C=O) groups is 1. The monoisotopic (exact) mass is 456 g/mol. The molecule has 5 rings (SSSR count). The van der Waals surface area contributed by atoms with Gasteiger partial charge in [-0.1, -0.05) is 24.3 Å². The van der Waals surface area contributed by atoms with Gasteiger partial charge in [-0.2, -0.15) is 0 Å². The quantitative estimate of drug-likeness (QED) is 0.435. The Balaban J connectivity index is 1.21. The highest BCUT2D eigenvalue weighted by molar-refractivity contribution is 5.94. The van der Waals surface area contributed by atoms with Crippen LogP contribution in [-0.2, 0) is 6.61 Å². The Morgan fingerprint density at radius 3 is 2.62 bits per heavy atom. The van der Waals surface area contributed by atoms with E-state index in [0.717, 1.165) is 35.9 Å². The van der Waals surface area contributed by atoms with Crippen molar-refractivity contribution in [2.24, 2.45) is 0 Å². The minimum atomic E-state index is 0.0216. The van der Waals surface area contributed by atoms with Crippen LogP contribution in [0.5, 0.6) is 11.5 Å². The fourth-order valence-corrected chi connectivity index (χ4v) is 4.33. The number of benzene rings is 2. The standard InChI is InChI=1S/C27H28N4O3/c1-20-10-11-26-28-22(18-31(26)17-20)19-34-23-7-5-6-21(16-23)27(32)30-14-12-29(13-15-30)24-8-3-4-9-25(24)33-2/h3-11,16-18H,12-15,19H2,1-2H3. The lowest BCUT2D eigenvalue weighted by molar-refractivity contribution is 0.0746. The van der Waals surface area contributed by atoms with Crippen molar-refractivity contribution in [2.45, 2.75) is 13.5 Å². The molecule has 1 saturated heterocycles. The number of rotatable bonds is 6. The summed E-state index contributed by atoms with van der Waals surface area (Å²) in [4.78, 5) is 21.9. The van der Waals surface area contributed by atoms with Gasteiger partial charge in [0.15, 0.2) is 0 Å². The molecule has 0 saturated carbocycles. The summed E-state index contributed by atoms with van der Waals surface area (Å²) in [5.41, 5.74) is 4.60. The molecule has 0 atom stereocenters. The minimum Gasteiger partial charge on any atom is -0.495 e. The first-order chi connectivity index (χ1) is 16.6. The van der Waals surface area contributed by atoms with Gasteiger partial charge in [0.1, 0.15) is 23.8 Å². The molecule has 34 heavy (non-hydrogen) atoms. The van der Waals surface area contributed by atoms with Gasteiger partial charge < -0.3 is 23.7 Å². The highest BCUT2D eigenvalue weighted by Crippen LogP contribution is 2.28. The third-order valence-corrected chi connectivity index (χ3v) is 6.11. The zero-order chi connectivity index (χ0) is 23.5. The van der Waals surface area contributed by atoms with Crippen LogP contribution in [0.4, 0.5) is 5.69 Å². The molecule has 174 valence electrons. The summed E-state index contributed by atoms with van der Waals surface area (Å²) in [5.74, 6) is 1.54. The lowest BCUT2D eigenvalue weighted by atomic mass is 10.1. The van der Waals surface area contributed by atoms with Crippen molar-refractivity contribution in [3.05, 3.63) is 89.9 Å². The Hall–Kier alpha value is -4.00. The fraction of sp³-hybridized carbons (Fsp3) is 0.259. The number of amides is 1. The van der Waals surface area contributed by atoms with Gasteiger partial charge in [-0.3, -0.25) is 4.79 Å². The topological polar surface area (TPSA) is 59.3 Å². The first-order valence-corrected chi connectivity index (χ1v) is 11.4. The SMILES string of the molecule is COc1ccccc1N1CCN(C(=O)c2cccc(OCc3cn4cc(C)ccc4n3)c2)CC1. The smallest absolute Gasteiger partial charge is 0.254 e. The van der Waals surface area contributed by atoms with E-state index >= 15 is 0 Å². The molecule has 2 aromatic heterocycles. The van der Waals surface area contributed by atoms with Crippen LogP contribution in [0.25, 0.3) is 5.65 Å². The predicted molar refractivity (Wildman–Crippen MR) is 132 cm³/mol. The van der Waals surface area contributed by atoms with E-state index in [1.54, 1.807) is 7.11 Å². The number of carbonyl (C=O) groups excluding carboxylic acids is 1. The second-order valence-corrected chi connectivity index (χ2v) is 8.47. The molecule has 0 N–H and O–H groups in total. The number of piperazine rings is 1. The van der Waals surface area contributed by atoms with Gasteiger partial charge in [-0.25, -0.2) is 4.98 Å². The first-order valence-electron chi connectivity index (χ1n) is 11.4. The Labute approximate surface area is 199 Å². The molecule has 1 aliphatic rings. The van der Waals surface area contributed by atoms with Crippen molar-refractivity contribution >= 4 is 17.2 Å². The molecule has 7 nitrogen and oxygen atoms in total. The number of aryl methyl sites for hydroxylation is 1. The number of hydrogen-bond acceptors (Lipinski definition) is 5. The van der Waals surface area contributed by atoms with E-state index in [1.165, 1.54) is 5.56 Å². The lowest BCUT2D eigenvalue weighted by Crippen LogP contribution is -2.48. The largest absolute Gasteiger partial charge is 0.495 e. The molecule has 0 unspecified atom stereocenters. The van der Waals surface area contributed by atoms with Crippen LogP contribution in [0.3, 0.4) is 0 Å². The highest BCUT2D eigenvalue weighted by atomic mass is 16.5. The summed E-state index contributed by atoms with van der Waals surface area (Å²) >= 11 is 0. The number of fused-ring (bicyclic) bond motifs is 1. The van der Waals surface area contributed by atoms with Crippen molar-refractivity contribution in [3.63, 3.8) is 0 Å². The maximum absolute atomic E-state index is 13.2. The molecule has 1 amide bonds. The van der Waals surface area contributed by atoms with Crippen LogP contribution < -0.4 is 14.4 Å². The van der Waals surface area contributed by atoms with Crippen molar-refractivity contribution in [1.82, 2.24) is 14.3 Å². The molecule has 0 radical (unpaired) electrons. The van der Waals surface area contributed by atoms with E-state index in [2.05, 4.69) is 22.9 Å². The van der Waals surface area contributed by atoms with Gasteiger partial charge in [0.25, 0.3) is 5.91 Å². The van der Waals surface area contributed by atoms with Gasteiger partial charge in [0.2, 0.25) is 0 Å². The van der Waals surface area contributed by atoms with Crippen molar-refractivity contribution in [2.75, 3.05) is 38.2 Å². The summed E-state index contributed by atoms with van der Waals surface area (Å²) in [6.07, 6.45) is 4.01. The fourth-order valence-electron chi connectivity index (χ4n) is 4.33. The van der Waals surface area contributed by atoms with Crippen LogP contribution in [-0.4, -0.2) is 53.5 Å². The van der Waals surface area contributed by atoms with Crippen molar-refractivity contribution in [1.29, 1.82) is 0 Å². The van der Waals surface area contributed by atoms with Crippen LogP contribution in [0.2, 0.25) is 0 Å². The van der Waals surface area contributed by atoms with Crippen molar-refractivity contribution < 1.29 is 14.3 Å². The van der Waals surface area contributed by atoms with Crippen LogP contribution in [0.1, 0.15) is 21.6 Å². The summed E-state index contributed by atoms with van der Waals surface area (Å²) in [7, 11) is 1.68. The summed E-state index contributed by atoms with van der Waals surface area (Å²) in [5, 5.41) is 0. The van der Waals surface area contributed by atoms with Crippen LogP contribution >= 0.6 is 0 Å². The van der Waals surface area contributed by atoms with Gasteiger partial charge in [-0.05, 0) is 48.9 Å². The zero-order valence-corrected chi connectivity index (χ0v) is 19.5. The minimum absolute atomic E-state index is 0.0216. The van der Waals surface area contributed by atoms with E-state index in [1.807, 2.05) is 76.3 Å². The molecule has 7 heteroatoms. The molecular weight excluding hydrogens is 428 g/mol. The van der Waals surface area contributed by atoms with E-state index in [9.17, 15) is 4.79 Å². The molecule has 4 aromatic rings. The average Bonchev–Trinajstić information content (AvgIpc) is 3.29. The Morgan fingerprint density at radius 2 is 1.79 bits per heavy atom. The molecule has 1 aliphatic heterocycles. The van der Waals surface area contributed by atoms with E-state index in [4.69, 9.17) is 9.47 Å². The third-order valence-electron chi connectivity index (χ3n) is 6.11. The van der Waals surface area contributed by atoms with Gasteiger partial charge in [0, 0.05) is 44.1 Å². The first kappa shape index (κ1) is 21.8. The zero-order valence-electron chi connectivity index (χ0n) is 19.5. The number of nitrogens with zero attached hydrogens (tertiary/aromatic N) is 4. The van der Waals surface area contributed by atoms with Crippen LogP contribution in [0, 0.1) is 6.92 Å². The molecule has 3 heterocycles. The summed E-state index contributed by atoms with van der Waals surface area (Å²) < 4.78 is 13.5.